The highest BCUT2D eigenvalue weighted by atomic mass is 35.5. The smallest absolute Gasteiger partial charge is 0.134 e. The third-order valence-corrected chi connectivity index (χ3v) is 1.75. The Balaban J connectivity index is 0.000000810. The summed E-state index contributed by atoms with van der Waals surface area (Å²) in [6.07, 6.45) is 2.51. The third-order valence-electron chi connectivity index (χ3n) is 1.75. The second-order valence-electron chi connectivity index (χ2n) is 2.68. The average Bonchev–Trinajstić information content (AvgIpc) is 1.97. The van der Waals surface area contributed by atoms with Gasteiger partial charge in [-0.25, -0.2) is 0 Å². The van der Waals surface area contributed by atoms with Crippen LogP contribution >= 0.6 is 12.4 Å². The summed E-state index contributed by atoms with van der Waals surface area (Å²) < 4.78 is 0. The lowest BCUT2D eigenvalue weighted by molar-refractivity contribution is -0.118. The lowest BCUT2D eigenvalue weighted by atomic mass is 10.1. The molecule has 1 aliphatic heterocycles. The molecule has 0 saturated carbocycles. The molecule has 0 aromatic carbocycles. The molecule has 0 aromatic heterocycles. The van der Waals surface area contributed by atoms with Crippen LogP contribution in [0.2, 0.25) is 0 Å². The lowest BCUT2D eigenvalue weighted by Gasteiger charge is -2.05. The molecule has 1 unspecified atom stereocenters. The average molecular weight is 164 g/mol. The molecule has 0 spiro atoms. The van der Waals surface area contributed by atoms with Crippen molar-refractivity contribution in [3.05, 3.63) is 0 Å². The predicted molar refractivity (Wildman–Crippen MR) is 43.6 cm³/mol. The van der Waals surface area contributed by atoms with Crippen LogP contribution in [0.3, 0.4) is 0 Å². The van der Waals surface area contributed by atoms with Crippen LogP contribution in [0.4, 0.5) is 0 Å². The van der Waals surface area contributed by atoms with Crippen LogP contribution in [-0.4, -0.2) is 18.4 Å². The first-order valence-corrected chi connectivity index (χ1v) is 3.54. The van der Waals surface area contributed by atoms with Gasteiger partial charge >= 0.3 is 0 Å². The quantitative estimate of drug-likeness (QED) is 0.581. The monoisotopic (exact) mass is 163 g/mol. The summed E-state index contributed by atoms with van der Waals surface area (Å²) in [5, 5.41) is 3.25. The van der Waals surface area contributed by atoms with Crippen molar-refractivity contribution in [2.24, 2.45) is 0 Å². The largest absolute Gasteiger partial charge is 0.314 e. The van der Waals surface area contributed by atoms with E-state index in [1.165, 1.54) is 0 Å². The molecule has 0 aliphatic carbocycles. The van der Waals surface area contributed by atoms with Gasteiger partial charge in [-0.1, -0.05) is 0 Å². The molecule has 0 bridgehead atoms. The lowest BCUT2D eigenvalue weighted by Crippen LogP contribution is -2.24. The van der Waals surface area contributed by atoms with Gasteiger partial charge in [-0.05, 0) is 13.3 Å². The number of rotatable bonds is 0. The fourth-order valence-corrected chi connectivity index (χ4v) is 1.06. The molecule has 2 nitrogen and oxygen atoms in total. The van der Waals surface area contributed by atoms with Crippen LogP contribution in [0.1, 0.15) is 26.2 Å². The molecule has 1 fully saturated rings. The zero-order chi connectivity index (χ0) is 6.69. The normalized spacial score (nSPS) is 26.9. The van der Waals surface area contributed by atoms with E-state index in [9.17, 15) is 4.79 Å². The van der Waals surface area contributed by atoms with Gasteiger partial charge in [0.05, 0.1) is 0 Å². The van der Waals surface area contributed by atoms with Gasteiger partial charge in [0.1, 0.15) is 5.78 Å². The number of carbonyl (C=O) groups excluding carboxylic acids is 1. The number of ketones is 1. The topological polar surface area (TPSA) is 29.1 Å². The molecule has 1 atom stereocenters. The van der Waals surface area contributed by atoms with E-state index in [2.05, 4.69) is 12.2 Å². The molecule has 10 heavy (non-hydrogen) atoms. The summed E-state index contributed by atoms with van der Waals surface area (Å²) >= 11 is 0. The maximum Gasteiger partial charge on any atom is 0.134 e. The Hall–Kier alpha value is -0.0800. The summed E-state index contributed by atoms with van der Waals surface area (Å²) in [6, 6.07) is 0.538. The molecule has 1 aliphatic rings. The first kappa shape index (κ1) is 9.92. The van der Waals surface area contributed by atoms with Crippen LogP contribution in [0.25, 0.3) is 0 Å². The molecular formula is C7H14ClNO. The molecule has 1 rings (SSSR count). The van der Waals surface area contributed by atoms with Crippen LogP contribution in [0, 0.1) is 0 Å². The summed E-state index contributed by atoms with van der Waals surface area (Å²) in [7, 11) is 0. The van der Waals surface area contributed by atoms with Crippen molar-refractivity contribution in [3.63, 3.8) is 0 Å². The van der Waals surface area contributed by atoms with Crippen molar-refractivity contribution < 1.29 is 4.79 Å². The second kappa shape index (κ2) is 4.69. The molecule has 1 N–H and O–H groups in total. The second-order valence-corrected chi connectivity index (χ2v) is 2.68. The molecule has 1 heterocycles. The van der Waals surface area contributed by atoms with Gasteiger partial charge in [0, 0.05) is 25.4 Å². The fourth-order valence-electron chi connectivity index (χ4n) is 1.06. The first-order chi connectivity index (χ1) is 4.29. The summed E-state index contributed by atoms with van der Waals surface area (Å²) in [6.45, 7) is 3.00. The van der Waals surface area contributed by atoms with Crippen molar-refractivity contribution in [1.82, 2.24) is 5.32 Å². The van der Waals surface area contributed by atoms with Gasteiger partial charge in [-0.15, -0.1) is 12.4 Å². The Kier molecular flexibility index (Phi) is 4.65. The fraction of sp³-hybridized carbons (Fsp3) is 0.857. The Morgan fingerprint density at radius 3 is 2.90 bits per heavy atom. The van der Waals surface area contributed by atoms with Crippen molar-refractivity contribution in [2.45, 2.75) is 32.2 Å². The summed E-state index contributed by atoms with van der Waals surface area (Å²) in [5.74, 6) is 0.409. The molecule has 0 amide bonds. The minimum atomic E-state index is 0. The van der Waals surface area contributed by atoms with E-state index in [1.54, 1.807) is 0 Å². The number of Topliss-reactive ketones (excluding diaryl/α,β-unsaturated/α-hetero) is 1. The summed E-state index contributed by atoms with van der Waals surface area (Å²) in [5.41, 5.74) is 0. The van der Waals surface area contributed by atoms with Crippen molar-refractivity contribution in [3.8, 4) is 0 Å². The molecule has 60 valence electrons. The Labute approximate surface area is 67.8 Å². The van der Waals surface area contributed by atoms with E-state index < -0.39 is 0 Å². The van der Waals surface area contributed by atoms with Gasteiger partial charge in [0.15, 0.2) is 0 Å². The van der Waals surface area contributed by atoms with Gasteiger partial charge < -0.3 is 5.32 Å². The Bertz CT molecular complexity index is 116. The first-order valence-electron chi connectivity index (χ1n) is 3.54. The zero-order valence-electron chi connectivity index (χ0n) is 6.22. The highest BCUT2D eigenvalue weighted by molar-refractivity contribution is 5.85. The minimum absolute atomic E-state index is 0. The molecule has 0 radical (unpaired) electrons. The van der Waals surface area contributed by atoms with E-state index in [1.807, 2.05) is 0 Å². The van der Waals surface area contributed by atoms with E-state index in [0.29, 0.717) is 11.8 Å². The number of hydrogen-bond acceptors (Lipinski definition) is 2. The number of nitrogens with one attached hydrogen (secondary N) is 1. The third kappa shape index (κ3) is 3.18. The predicted octanol–water partition coefficient (Wildman–Crippen LogP) is 1.14. The number of hydrogen-bond donors (Lipinski definition) is 1. The SMILES string of the molecule is CC1CCC(=O)CCN1.Cl. The van der Waals surface area contributed by atoms with Crippen molar-refractivity contribution in [2.75, 3.05) is 6.54 Å². The van der Waals surface area contributed by atoms with Crippen LogP contribution in [0.5, 0.6) is 0 Å². The maximum atomic E-state index is 10.8. The Morgan fingerprint density at radius 1 is 1.50 bits per heavy atom. The zero-order valence-corrected chi connectivity index (χ0v) is 7.04. The standard InChI is InChI=1S/C7H13NO.ClH/c1-6-2-3-7(9)4-5-8-6;/h6,8H,2-5H2,1H3;1H. The van der Waals surface area contributed by atoms with E-state index >= 15 is 0 Å². The van der Waals surface area contributed by atoms with E-state index in [0.717, 1.165) is 25.8 Å². The molecule has 3 heteroatoms. The van der Waals surface area contributed by atoms with Gasteiger partial charge in [0.25, 0.3) is 0 Å². The van der Waals surface area contributed by atoms with Crippen LogP contribution in [-0.2, 0) is 4.79 Å². The van der Waals surface area contributed by atoms with Gasteiger partial charge in [0.2, 0.25) is 0 Å². The minimum Gasteiger partial charge on any atom is -0.314 e. The van der Waals surface area contributed by atoms with Gasteiger partial charge in [-0.2, -0.15) is 0 Å². The van der Waals surface area contributed by atoms with Crippen LogP contribution < -0.4 is 5.32 Å². The van der Waals surface area contributed by atoms with Crippen LogP contribution in [0.15, 0.2) is 0 Å². The number of carbonyl (C=O) groups is 1. The van der Waals surface area contributed by atoms with Crippen molar-refractivity contribution in [1.29, 1.82) is 0 Å². The molecule has 1 saturated heterocycles. The molecular weight excluding hydrogens is 150 g/mol. The van der Waals surface area contributed by atoms with E-state index in [-0.39, 0.29) is 12.4 Å². The molecule has 0 aromatic rings. The highest BCUT2D eigenvalue weighted by Gasteiger charge is 2.10. The highest BCUT2D eigenvalue weighted by Crippen LogP contribution is 2.03. The Morgan fingerprint density at radius 2 is 2.20 bits per heavy atom. The summed E-state index contributed by atoms with van der Waals surface area (Å²) in [4.78, 5) is 10.8. The van der Waals surface area contributed by atoms with Gasteiger partial charge in [-0.3, -0.25) is 4.79 Å². The van der Waals surface area contributed by atoms with E-state index in [4.69, 9.17) is 0 Å². The maximum absolute atomic E-state index is 10.8. The number of halogens is 1. The van der Waals surface area contributed by atoms with Crippen molar-refractivity contribution >= 4 is 18.2 Å².